The summed E-state index contributed by atoms with van der Waals surface area (Å²) < 4.78 is 0.936. The summed E-state index contributed by atoms with van der Waals surface area (Å²) in [5.41, 5.74) is 0. The molecule has 0 aliphatic heterocycles. The Hall–Kier alpha value is -0.790. The van der Waals surface area contributed by atoms with Crippen molar-refractivity contribution in [1.29, 1.82) is 0 Å². The number of rotatable bonds is 4. The lowest BCUT2D eigenvalue weighted by Gasteiger charge is -1.98. The van der Waals surface area contributed by atoms with Crippen molar-refractivity contribution in [2.45, 2.75) is 20.3 Å². The summed E-state index contributed by atoms with van der Waals surface area (Å²) in [6.07, 6.45) is 0.887. The lowest BCUT2D eigenvalue weighted by Crippen LogP contribution is -2.09. The molecule has 0 aromatic carbocycles. The molecule has 0 unspecified atom stereocenters. The van der Waals surface area contributed by atoms with Crippen molar-refractivity contribution in [2.75, 3.05) is 5.32 Å². The monoisotopic (exact) mass is 345 g/mol. The highest BCUT2D eigenvalue weighted by atomic mass is 79.9. The van der Waals surface area contributed by atoms with Gasteiger partial charge in [0.1, 0.15) is 5.01 Å². The maximum Gasteiger partial charge on any atom is 0.267 e. The predicted molar refractivity (Wildman–Crippen MR) is 78.4 cm³/mol. The summed E-state index contributed by atoms with van der Waals surface area (Å²) in [5, 5.41) is 12.3. The number of nitrogens with one attached hydrogen (secondary N) is 1. The number of carbonyl (C=O) groups is 1. The van der Waals surface area contributed by atoms with Gasteiger partial charge in [0.15, 0.2) is 0 Å². The maximum atomic E-state index is 11.9. The molecule has 2 aromatic heterocycles. The van der Waals surface area contributed by atoms with Crippen molar-refractivity contribution >= 4 is 49.6 Å². The van der Waals surface area contributed by atoms with E-state index in [-0.39, 0.29) is 5.91 Å². The largest absolute Gasteiger partial charge is 0.296 e. The van der Waals surface area contributed by atoms with E-state index in [1.807, 2.05) is 6.07 Å². The number of thiophene rings is 1. The van der Waals surface area contributed by atoms with E-state index in [1.54, 1.807) is 6.07 Å². The topological polar surface area (TPSA) is 54.9 Å². The highest BCUT2D eigenvalue weighted by Crippen LogP contribution is 2.24. The predicted octanol–water partition coefficient (Wildman–Crippen LogP) is 3.81. The third-order valence-electron chi connectivity index (χ3n) is 2.07. The van der Waals surface area contributed by atoms with Gasteiger partial charge in [-0.05, 0) is 34.0 Å². The van der Waals surface area contributed by atoms with Gasteiger partial charge in [0, 0.05) is 6.42 Å². The number of amides is 1. The number of aromatic nitrogens is 2. The first-order valence-electron chi connectivity index (χ1n) is 5.43. The molecular formula is C11H12BrN3OS2. The maximum absolute atomic E-state index is 11.9. The number of anilines is 1. The van der Waals surface area contributed by atoms with Crippen LogP contribution >= 0.6 is 38.6 Å². The molecule has 2 aromatic rings. The summed E-state index contributed by atoms with van der Waals surface area (Å²) in [6.45, 7) is 4.26. The third kappa shape index (κ3) is 3.60. The highest BCUT2D eigenvalue weighted by molar-refractivity contribution is 9.11. The Morgan fingerprint density at radius 1 is 1.39 bits per heavy atom. The Balaban J connectivity index is 2.01. The fraction of sp³-hybridized carbons (Fsp3) is 0.364. The molecule has 0 saturated heterocycles. The van der Waals surface area contributed by atoms with Crippen molar-refractivity contribution in [3.63, 3.8) is 0 Å². The van der Waals surface area contributed by atoms with E-state index in [9.17, 15) is 4.79 Å². The molecule has 0 bridgehead atoms. The van der Waals surface area contributed by atoms with Crippen LogP contribution in [0.1, 0.15) is 28.5 Å². The zero-order valence-electron chi connectivity index (χ0n) is 9.94. The number of hydrogen-bond acceptors (Lipinski definition) is 5. The zero-order valence-corrected chi connectivity index (χ0v) is 13.2. The summed E-state index contributed by atoms with van der Waals surface area (Å²) >= 11 is 6.15. The van der Waals surface area contributed by atoms with Crippen molar-refractivity contribution in [3.05, 3.63) is 25.8 Å². The standard InChI is InChI=1S/C11H12BrN3OS2/c1-6(2)5-9-14-15-11(18-9)13-10(16)7-3-4-8(12)17-7/h3-4,6H,5H2,1-2H3,(H,13,15,16). The SMILES string of the molecule is CC(C)Cc1nnc(NC(=O)c2ccc(Br)s2)s1. The first kappa shape index (κ1) is 13.6. The molecule has 96 valence electrons. The molecule has 0 spiro atoms. The average Bonchev–Trinajstić information content (AvgIpc) is 2.87. The molecule has 0 fully saturated rings. The quantitative estimate of drug-likeness (QED) is 0.916. The molecular weight excluding hydrogens is 334 g/mol. The van der Waals surface area contributed by atoms with Crippen LogP contribution in [0.5, 0.6) is 0 Å². The molecule has 1 N–H and O–H groups in total. The molecule has 2 rings (SSSR count). The summed E-state index contributed by atoms with van der Waals surface area (Å²) in [4.78, 5) is 12.5. The van der Waals surface area contributed by atoms with Gasteiger partial charge in [0.2, 0.25) is 5.13 Å². The molecule has 0 atom stereocenters. The van der Waals surface area contributed by atoms with Crippen LogP contribution in [0.15, 0.2) is 15.9 Å². The highest BCUT2D eigenvalue weighted by Gasteiger charge is 2.12. The van der Waals surface area contributed by atoms with E-state index in [0.717, 1.165) is 15.2 Å². The smallest absolute Gasteiger partial charge is 0.267 e. The van der Waals surface area contributed by atoms with Gasteiger partial charge in [0.25, 0.3) is 5.91 Å². The number of hydrogen-bond donors (Lipinski definition) is 1. The third-order valence-corrected chi connectivity index (χ3v) is 4.55. The second-order valence-electron chi connectivity index (χ2n) is 4.16. The number of nitrogens with zero attached hydrogens (tertiary/aromatic N) is 2. The number of halogens is 1. The van der Waals surface area contributed by atoms with E-state index in [0.29, 0.717) is 15.9 Å². The first-order valence-corrected chi connectivity index (χ1v) is 7.86. The second-order valence-corrected chi connectivity index (χ2v) is 7.68. The lowest BCUT2D eigenvalue weighted by molar-refractivity contribution is 0.103. The first-order chi connectivity index (χ1) is 8.54. The fourth-order valence-electron chi connectivity index (χ4n) is 1.33. The summed E-state index contributed by atoms with van der Waals surface area (Å²) in [5.74, 6) is 0.396. The minimum Gasteiger partial charge on any atom is -0.296 e. The van der Waals surface area contributed by atoms with Gasteiger partial charge in [-0.1, -0.05) is 25.2 Å². The lowest BCUT2D eigenvalue weighted by atomic mass is 10.1. The van der Waals surface area contributed by atoms with Crippen LogP contribution in [0, 0.1) is 5.92 Å². The Bertz CT molecular complexity index is 550. The molecule has 0 aliphatic carbocycles. The Morgan fingerprint density at radius 3 is 2.78 bits per heavy atom. The Morgan fingerprint density at radius 2 is 2.17 bits per heavy atom. The van der Waals surface area contributed by atoms with Crippen molar-refractivity contribution in [2.24, 2.45) is 5.92 Å². The van der Waals surface area contributed by atoms with Crippen LogP contribution in [0.2, 0.25) is 0 Å². The molecule has 0 saturated carbocycles. The van der Waals surface area contributed by atoms with Gasteiger partial charge in [-0.3, -0.25) is 10.1 Å². The van der Waals surface area contributed by atoms with Gasteiger partial charge < -0.3 is 0 Å². The molecule has 2 heterocycles. The van der Waals surface area contributed by atoms with E-state index in [1.165, 1.54) is 22.7 Å². The molecule has 4 nitrogen and oxygen atoms in total. The number of carbonyl (C=O) groups excluding carboxylic acids is 1. The van der Waals surface area contributed by atoms with Gasteiger partial charge >= 0.3 is 0 Å². The van der Waals surface area contributed by atoms with Crippen molar-refractivity contribution < 1.29 is 4.79 Å². The van der Waals surface area contributed by atoms with Gasteiger partial charge in [-0.2, -0.15) is 0 Å². The molecule has 0 aliphatic rings. The van der Waals surface area contributed by atoms with E-state index in [4.69, 9.17) is 0 Å². The van der Waals surface area contributed by atoms with Crippen molar-refractivity contribution in [1.82, 2.24) is 10.2 Å². The average molecular weight is 346 g/mol. The van der Waals surface area contributed by atoms with Crippen LogP contribution in [0.3, 0.4) is 0 Å². The Labute approximate surface area is 122 Å². The van der Waals surface area contributed by atoms with Crippen LogP contribution in [-0.4, -0.2) is 16.1 Å². The second kappa shape index (κ2) is 5.90. The van der Waals surface area contributed by atoms with Gasteiger partial charge in [-0.15, -0.1) is 21.5 Å². The van der Waals surface area contributed by atoms with Crippen molar-refractivity contribution in [3.8, 4) is 0 Å². The van der Waals surface area contributed by atoms with Crippen LogP contribution < -0.4 is 5.32 Å². The normalized spacial score (nSPS) is 10.9. The van der Waals surface area contributed by atoms with Gasteiger partial charge in [0.05, 0.1) is 8.66 Å². The molecule has 1 amide bonds. The molecule has 0 radical (unpaired) electrons. The summed E-state index contributed by atoms with van der Waals surface area (Å²) in [7, 11) is 0. The summed E-state index contributed by atoms with van der Waals surface area (Å²) in [6, 6.07) is 3.63. The fourth-order valence-corrected chi connectivity index (χ4v) is 3.56. The van der Waals surface area contributed by atoms with E-state index in [2.05, 4.69) is 45.3 Å². The zero-order chi connectivity index (χ0) is 13.1. The van der Waals surface area contributed by atoms with Crippen LogP contribution in [0.4, 0.5) is 5.13 Å². The van der Waals surface area contributed by atoms with Crippen LogP contribution in [0.25, 0.3) is 0 Å². The molecule has 18 heavy (non-hydrogen) atoms. The molecule has 7 heteroatoms. The van der Waals surface area contributed by atoms with Crippen LogP contribution in [-0.2, 0) is 6.42 Å². The van der Waals surface area contributed by atoms with E-state index >= 15 is 0 Å². The Kier molecular flexibility index (Phi) is 4.47. The van der Waals surface area contributed by atoms with Gasteiger partial charge in [-0.25, -0.2) is 0 Å². The van der Waals surface area contributed by atoms with E-state index < -0.39 is 0 Å². The minimum atomic E-state index is -0.141. The minimum absolute atomic E-state index is 0.141.